The van der Waals surface area contributed by atoms with Gasteiger partial charge in [-0.05, 0) is 12.6 Å². The Bertz CT molecular complexity index is 212. The molecular weight excluding hydrogens is 171 g/mol. The Morgan fingerprint density at radius 2 is 2.38 bits per heavy atom. The third-order valence-corrected chi connectivity index (χ3v) is 2.13. The van der Waals surface area contributed by atoms with Crippen LogP contribution in [0.3, 0.4) is 0 Å². The molecule has 0 aromatic carbocycles. The SMILES string of the molecule is C=CC(=O)N1CC(F)(CNCC)C1. The lowest BCUT2D eigenvalue weighted by Crippen LogP contribution is -2.64. The number of nitrogens with one attached hydrogen (secondary N) is 1. The number of rotatable bonds is 4. The topological polar surface area (TPSA) is 32.3 Å². The van der Waals surface area contributed by atoms with Crippen LogP contribution in [0.15, 0.2) is 12.7 Å². The van der Waals surface area contributed by atoms with Crippen molar-refractivity contribution in [1.29, 1.82) is 0 Å². The maximum Gasteiger partial charge on any atom is 0.246 e. The molecular formula is C9H15FN2O. The van der Waals surface area contributed by atoms with Gasteiger partial charge in [-0.15, -0.1) is 0 Å². The Balaban J connectivity index is 2.29. The smallest absolute Gasteiger partial charge is 0.246 e. The molecule has 4 heteroatoms. The Hall–Kier alpha value is -0.900. The monoisotopic (exact) mass is 186 g/mol. The zero-order valence-electron chi connectivity index (χ0n) is 7.85. The minimum Gasteiger partial charge on any atom is -0.333 e. The maximum absolute atomic E-state index is 13.5. The van der Waals surface area contributed by atoms with Crippen molar-refractivity contribution in [3.63, 3.8) is 0 Å². The van der Waals surface area contributed by atoms with E-state index in [1.54, 1.807) is 0 Å². The van der Waals surface area contributed by atoms with Crippen LogP contribution in [-0.4, -0.2) is 42.7 Å². The summed E-state index contributed by atoms with van der Waals surface area (Å²) in [6.45, 7) is 6.72. The summed E-state index contributed by atoms with van der Waals surface area (Å²) in [6, 6.07) is 0. The van der Waals surface area contributed by atoms with E-state index in [1.165, 1.54) is 11.0 Å². The molecule has 1 amide bonds. The predicted molar refractivity (Wildman–Crippen MR) is 49.2 cm³/mol. The van der Waals surface area contributed by atoms with E-state index in [2.05, 4.69) is 11.9 Å². The maximum atomic E-state index is 13.5. The van der Waals surface area contributed by atoms with Gasteiger partial charge in [0, 0.05) is 6.54 Å². The molecule has 1 aliphatic heterocycles. The van der Waals surface area contributed by atoms with Crippen molar-refractivity contribution in [2.24, 2.45) is 0 Å². The Morgan fingerprint density at radius 3 is 2.85 bits per heavy atom. The van der Waals surface area contributed by atoms with Crippen molar-refractivity contribution >= 4 is 5.91 Å². The summed E-state index contributed by atoms with van der Waals surface area (Å²) in [5.41, 5.74) is -1.23. The number of alkyl halides is 1. The first-order chi connectivity index (χ1) is 6.11. The average Bonchev–Trinajstić information content (AvgIpc) is 2.09. The molecule has 13 heavy (non-hydrogen) atoms. The Kier molecular flexibility index (Phi) is 3.03. The molecule has 74 valence electrons. The summed E-state index contributed by atoms with van der Waals surface area (Å²) in [4.78, 5) is 12.4. The fourth-order valence-corrected chi connectivity index (χ4v) is 1.38. The molecule has 1 aliphatic rings. The van der Waals surface area contributed by atoms with Crippen molar-refractivity contribution in [3.8, 4) is 0 Å². The molecule has 1 N–H and O–H groups in total. The van der Waals surface area contributed by atoms with Gasteiger partial charge in [0.15, 0.2) is 5.67 Å². The fraction of sp³-hybridized carbons (Fsp3) is 0.667. The number of amides is 1. The number of halogens is 1. The second kappa shape index (κ2) is 3.87. The summed E-state index contributed by atoms with van der Waals surface area (Å²) in [5, 5.41) is 2.93. The quantitative estimate of drug-likeness (QED) is 0.642. The van der Waals surface area contributed by atoms with Gasteiger partial charge in [0.05, 0.1) is 13.1 Å². The molecule has 0 spiro atoms. The highest BCUT2D eigenvalue weighted by Gasteiger charge is 2.44. The molecule has 0 unspecified atom stereocenters. The largest absolute Gasteiger partial charge is 0.333 e. The summed E-state index contributed by atoms with van der Waals surface area (Å²) < 4.78 is 13.5. The predicted octanol–water partition coefficient (Wildman–Crippen LogP) is 0.332. The van der Waals surface area contributed by atoms with Crippen LogP contribution in [0.4, 0.5) is 4.39 Å². The lowest BCUT2D eigenvalue weighted by atomic mass is 9.96. The molecule has 0 aromatic rings. The first kappa shape index (κ1) is 10.2. The van der Waals surface area contributed by atoms with Gasteiger partial charge in [-0.3, -0.25) is 4.79 Å². The number of nitrogens with zero attached hydrogens (tertiary/aromatic N) is 1. The third-order valence-electron chi connectivity index (χ3n) is 2.13. The van der Waals surface area contributed by atoms with E-state index >= 15 is 0 Å². The van der Waals surface area contributed by atoms with Crippen LogP contribution in [0.5, 0.6) is 0 Å². The number of likely N-dealkylation sites (tertiary alicyclic amines) is 1. The van der Waals surface area contributed by atoms with Crippen molar-refractivity contribution in [2.45, 2.75) is 12.6 Å². The van der Waals surface area contributed by atoms with Crippen LogP contribution < -0.4 is 5.32 Å². The van der Waals surface area contributed by atoms with E-state index in [9.17, 15) is 9.18 Å². The zero-order chi connectivity index (χ0) is 9.90. The first-order valence-corrected chi connectivity index (χ1v) is 4.42. The molecule has 0 aliphatic carbocycles. The molecule has 0 radical (unpaired) electrons. The molecule has 0 aromatic heterocycles. The van der Waals surface area contributed by atoms with E-state index in [4.69, 9.17) is 0 Å². The number of carbonyl (C=O) groups is 1. The number of hydrogen-bond acceptors (Lipinski definition) is 2. The van der Waals surface area contributed by atoms with E-state index in [1.807, 2.05) is 6.92 Å². The van der Waals surface area contributed by atoms with Crippen LogP contribution >= 0.6 is 0 Å². The molecule has 0 atom stereocenters. The molecule has 0 bridgehead atoms. The highest BCUT2D eigenvalue weighted by atomic mass is 19.1. The second-order valence-corrected chi connectivity index (χ2v) is 3.33. The van der Waals surface area contributed by atoms with E-state index in [-0.39, 0.29) is 19.0 Å². The van der Waals surface area contributed by atoms with E-state index in [0.717, 1.165) is 6.54 Å². The Morgan fingerprint density at radius 1 is 1.77 bits per heavy atom. The van der Waals surface area contributed by atoms with Gasteiger partial charge in [-0.25, -0.2) is 4.39 Å². The molecule has 1 saturated heterocycles. The van der Waals surface area contributed by atoms with Gasteiger partial charge in [0.2, 0.25) is 5.91 Å². The third kappa shape index (κ3) is 2.28. The summed E-state index contributed by atoms with van der Waals surface area (Å²) in [5.74, 6) is -0.190. The van der Waals surface area contributed by atoms with Crippen LogP contribution in [0.1, 0.15) is 6.92 Å². The van der Waals surface area contributed by atoms with E-state index < -0.39 is 5.67 Å². The van der Waals surface area contributed by atoms with Crippen molar-refractivity contribution in [1.82, 2.24) is 10.2 Å². The highest BCUT2D eigenvalue weighted by Crippen LogP contribution is 2.24. The van der Waals surface area contributed by atoms with Gasteiger partial charge in [0.25, 0.3) is 0 Å². The van der Waals surface area contributed by atoms with Crippen LogP contribution in [0.2, 0.25) is 0 Å². The highest BCUT2D eigenvalue weighted by molar-refractivity contribution is 5.87. The minimum absolute atomic E-state index is 0.185. The average molecular weight is 186 g/mol. The number of hydrogen-bond donors (Lipinski definition) is 1. The minimum atomic E-state index is -1.23. The summed E-state index contributed by atoms with van der Waals surface area (Å²) in [6.07, 6.45) is 1.22. The lowest BCUT2D eigenvalue weighted by molar-refractivity contribution is -0.139. The van der Waals surface area contributed by atoms with E-state index in [0.29, 0.717) is 6.54 Å². The molecule has 3 nitrogen and oxygen atoms in total. The summed E-state index contributed by atoms with van der Waals surface area (Å²) >= 11 is 0. The van der Waals surface area contributed by atoms with Crippen molar-refractivity contribution < 1.29 is 9.18 Å². The zero-order valence-corrected chi connectivity index (χ0v) is 7.85. The van der Waals surface area contributed by atoms with Crippen LogP contribution in [-0.2, 0) is 4.79 Å². The fourth-order valence-electron chi connectivity index (χ4n) is 1.38. The van der Waals surface area contributed by atoms with Gasteiger partial charge in [-0.1, -0.05) is 13.5 Å². The van der Waals surface area contributed by atoms with Crippen molar-refractivity contribution in [3.05, 3.63) is 12.7 Å². The van der Waals surface area contributed by atoms with Crippen molar-refractivity contribution in [2.75, 3.05) is 26.2 Å². The van der Waals surface area contributed by atoms with Gasteiger partial charge >= 0.3 is 0 Å². The van der Waals surface area contributed by atoms with Crippen LogP contribution in [0.25, 0.3) is 0 Å². The Labute approximate surface area is 77.6 Å². The molecule has 1 fully saturated rings. The van der Waals surface area contributed by atoms with Gasteiger partial charge in [-0.2, -0.15) is 0 Å². The lowest BCUT2D eigenvalue weighted by Gasteiger charge is -2.44. The second-order valence-electron chi connectivity index (χ2n) is 3.33. The van der Waals surface area contributed by atoms with Gasteiger partial charge < -0.3 is 10.2 Å². The standard InChI is InChI=1S/C9H15FN2O/c1-3-8(13)12-6-9(10,7-12)5-11-4-2/h3,11H,1,4-7H2,2H3. The van der Waals surface area contributed by atoms with Gasteiger partial charge in [0.1, 0.15) is 0 Å². The summed E-state index contributed by atoms with van der Waals surface area (Å²) in [7, 11) is 0. The number of carbonyl (C=O) groups excluding carboxylic acids is 1. The first-order valence-electron chi connectivity index (χ1n) is 4.42. The molecule has 1 heterocycles. The molecule has 1 rings (SSSR count). The normalized spacial score (nSPS) is 19.4. The van der Waals surface area contributed by atoms with Crippen LogP contribution in [0, 0.1) is 0 Å². The molecule has 0 saturated carbocycles.